The highest BCUT2D eigenvalue weighted by Gasteiger charge is 2.29. The van der Waals surface area contributed by atoms with E-state index >= 15 is 0 Å². The predicted molar refractivity (Wildman–Crippen MR) is 143 cm³/mol. The third kappa shape index (κ3) is 9.87. The number of esters is 1. The highest BCUT2D eigenvalue weighted by atomic mass is 19.4. The van der Waals surface area contributed by atoms with Gasteiger partial charge in [0.05, 0.1) is 37.6 Å². The van der Waals surface area contributed by atoms with Crippen molar-refractivity contribution in [3.05, 3.63) is 65.5 Å². The van der Waals surface area contributed by atoms with Gasteiger partial charge in [0, 0.05) is 23.7 Å². The molecule has 4 N–H and O–H groups in total. The molecule has 2 aromatic rings. The standard InChI is InChI=1S/C29H37F4N3O4/c1-2-7-22(19-8-4-3-5-9-19)27(34)28(38)36-25-11-6-10-24(30)23(25)13-12-21-16-35-20(17-39-21)18-40-26(37)14-15-29(31,32)33/h3-6,8-11,20-22,27,35H,2,7,12-18,34H2,1H3,(H,36,38)/t20-,21+,22+,27-/m0/s1. The van der Waals surface area contributed by atoms with Crippen molar-refractivity contribution in [2.75, 3.05) is 25.1 Å². The van der Waals surface area contributed by atoms with E-state index < -0.39 is 42.8 Å². The van der Waals surface area contributed by atoms with E-state index in [4.69, 9.17) is 15.2 Å². The average molecular weight is 568 g/mol. The second-order valence-corrected chi connectivity index (χ2v) is 9.98. The first-order chi connectivity index (χ1) is 19.1. The fourth-order valence-electron chi connectivity index (χ4n) is 4.67. The number of amides is 1. The van der Waals surface area contributed by atoms with Crippen LogP contribution in [0.4, 0.5) is 23.2 Å². The molecule has 1 saturated heterocycles. The number of morpholine rings is 1. The van der Waals surface area contributed by atoms with Crippen molar-refractivity contribution < 1.29 is 36.6 Å². The maximum absolute atomic E-state index is 14.8. The first kappa shape index (κ1) is 31.5. The number of alkyl halides is 3. The Kier molecular flexibility index (Phi) is 11.9. The van der Waals surface area contributed by atoms with Crippen LogP contribution in [0.25, 0.3) is 0 Å². The van der Waals surface area contributed by atoms with E-state index in [-0.39, 0.29) is 37.7 Å². The molecule has 7 nitrogen and oxygen atoms in total. The molecule has 0 spiro atoms. The number of anilines is 1. The van der Waals surface area contributed by atoms with Gasteiger partial charge >= 0.3 is 12.1 Å². The molecule has 0 radical (unpaired) electrons. The summed E-state index contributed by atoms with van der Waals surface area (Å²) in [5.74, 6) is -1.94. The molecule has 11 heteroatoms. The maximum atomic E-state index is 14.8. The quantitative estimate of drug-likeness (QED) is 0.236. The largest absolute Gasteiger partial charge is 0.464 e. The van der Waals surface area contributed by atoms with Gasteiger partial charge in [-0.1, -0.05) is 49.7 Å². The van der Waals surface area contributed by atoms with Crippen LogP contribution < -0.4 is 16.4 Å². The molecule has 3 rings (SSSR count). The molecular formula is C29H37F4N3O4. The van der Waals surface area contributed by atoms with Crippen molar-refractivity contribution in [1.82, 2.24) is 5.32 Å². The fraction of sp³-hybridized carbons (Fsp3) is 0.517. The van der Waals surface area contributed by atoms with E-state index in [0.717, 1.165) is 18.4 Å². The summed E-state index contributed by atoms with van der Waals surface area (Å²) in [4.78, 5) is 24.6. The van der Waals surface area contributed by atoms with Crippen molar-refractivity contribution >= 4 is 17.6 Å². The molecule has 1 aliphatic rings. The lowest BCUT2D eigenvalue weighted by Crippen LogP contribution is -2.49. The van der Waals surface area contributed by atoms with Crippen LogP contribution in [0.1, 0.15) is 56.1 Å². The first-order valence-electron chi connectivity index (χ1n) is 13.5. The van der Waals surface area contributed by atoms with Crippen LogP contribution in [0.5, 0.6) is 0 Å². The van der Waals surface area contributed by atoms with Gasteiger partial charge in [0.1, 0.15) is 12.4 Å². The number of nitrogens with two attached hydrogens (primary N) is 1. The Morgan fingerprint density at radius 1 is 1.18 bits per heavy atom. The number of hydrogen-bond donors (Lipinski definition) is 3. The Morgan fingerprint density at radius 2 is 1.93 bits per heavy atom. The third-order valence-corrected chi connectivity index (χ3v) is 6.88. The molecular weight excluding hydrogens is 530 g/mol. The smallest absolute Gasteiger partial charge is 0.389 e. The van der Waals surface area contributed by atoms with E-state index in [0.29, 0.717) is 24.2 Å². The number of carbonyl (C=O) groups is 2. The molecule has 220 valence electrons. The van der Waals surface area contributed by atoms with Gasteiger partial charge < -0.3 is 25.8 Å². The van der Waals surface area contributed by atoms with Crippen LogP contribution in [0, 0.1) is 5.82 Å². The van der Waals surface area contributed by atoms with Crippen LogP contribution in [-0.4, -0.2) is 56.0 Å². The summed E-state index contributed by atoms with van der Waals surface area (Å²) < 4.78 is 62.2. The summed E-state index contributed by atoms with van der Waals surface area (Å²) in [5, 5.41) is 5.97. The fourth-order valence-corrected chi connectivity index (χ4v) is 4.67. The first-order valence-corrected chi connectivity index (χ1v) is 13.5. The van der Waals surface area contributed by atoms with E-state index in [2.05, 4.69) is 10.6 Å². The van der Waals surface area contributed by atoms with Gasteiger partial charge in [-0.05, 0) is 37.0 Å². The summed E-state index contributed by atoms with van der Waals surface area (Å²) in [5.41, 5.74) is 8.06. The molecule has 4 atom stereocenters. The van der Waals surface area contributed by atoms with Crippen LogP contribution >= 0.6 is 0 Å². The van der Waals surface area contributed by atoms with Crippen molar-refractivity contribution in [3.8, 4) is 0 Å². The van der Waals surface area contributed by atoms with Crippen LogP contribution in [0.2, 0.25) is 0 Å². The van der Waals surface area contributed by atoms with Gasteiger partial charge in [0.15, 0.2) is 0 Å². The summed E-state index contributed by atoms with van der Waals surface area (Å²) in [6, 6.07) is 12.9. The van der Waals surface area contributed by atoms with Gasteiger partial charge in [-0.3, -0.25) is 9.59 Å². The highest BCUT2D eigenvalue weighted by Crippen LogP contribution is 2.27. The maximum Gasteiger partial charge on any atom is 0.389 e. The minimum atomic E-state index is -4.41. The Hall–Kier alpha value is -3.02. The molecule has 1 heterocycles. The lowest BCUT2D eigenvalue weighted by atomic mass is 9.87. The lowest BCUT2D eigenvalue weighted by molar-refractivity contribution is -0.158. The van der Waals surface area contributed by atoms with Gasteiger partial charge in [-0.25, -0.2) is 4.39 Å². The van der Waals surface area contributed by atoms with Crippen LogP contribution in [-0.2, 0) is 25.5 Å². The summed E-state index contributed by atoms with van der Waals surface area (Å²) in [7, 11) is 0. The lowest BCUT2D eigenvalue weighted by Gasteiger charge is -2.30. The number of rotatable bonds is 13. The molecule has 1 fully saturated rings. The van der Waals surface area contributed by atoms with Crippen molar-refractivity contribution in [3.63, 3.8) is 0 Å². The number of carbonyl (C=O) groups excluding carboxylic acids is 2. The zero-order valence-electron chi connectivity index (χ0n) is 22.5. The molecule has 0 saturated carbocycles. The Morgan fingerprint density at radius 3 is 2.58 bits per heavy atom. The zero-order chi connectivity index (χ0) is 29.1. The van der Waals surface area contributed by atoms with Gasteiger partial charge in [-0.15, -0.1) is 0 Å². The highest BCUT2D eigenvalue weighted by molar-refractivity contribution is 5.96. The molecule has 1 aliphatic heterocycles. The van der Waals surface area contributed by atoms with E-state index in [1.54, 1.807) is 6.07 Å². The summed E-state index contributed by atoms with van der Waals surface area (Å²) in [6.45, 7) is 2.50. The zero-order valence-corrected chi connectivity index (χ0v) is 22.5. The second-order valence-electron chi connectivity index (χ2n) is 9.98. The van der Waals surface area contributed by atoms with Crippen LogP contribution in [0.15, 0.2) is 48.5 Å². The molecule has 40 heavy (non-hydrogen) atoms. The van der Waals surface area contributed by atoms with E-state index in [1.807, 2.05) is 37.3 Å². The average Bonchev–Trinajstić information content (AvgIpc) is 2.93. The van der Waals surface area contributed by atoms with Gasteiger partial charge in [0.2, 0.25) is 5.91 Å². The van der Waals surface area contributed by atoms with Crippen LogP contribution in [0.3, 0.4) is 0 Å². The number of benzene rings is 2. The van der Waals surface area contributed by atoms with Gasteiger partial charge in [0.25, 0.3) is 0 Å². The monoisotopic (exact) mass is 567 g/mol. The van der Waals surface area contributed by atoms with E-state index in [1.165, 1.54) is 12.1 Å². The molecule has 0 aliphatic carbocycles. The number of halogens is 4. The predicted octanol–water partition coefficient (Wildman–Crippen LogP) is 4.85. The topological polar surface area (TPSA) is 103 Å². The number of nitrogens with one attached hydrogen (secondary N) is 2. The molecule has 2 aromatic carbocycles. The second kappa shape index (κ2) is 15.1. The normalized spacial score (nSPS) is 19.1. The minimum Gasteiger partial charge on any atom is -0.464 e. The van der Waals surface area contributed by atoms with Crippen molar-refractivity contribution in [2.45, 2.75) is 75.7 Å². The van der Waals surface area contributed by atoms with Crippen molar-refractivity contribution in [2.24, 2.45) is 5.73 Å². The Labute approximate surface area is 231 Å². The Bertz CT molecular complexity index is 1090. The third-order valence-electron chi connectivity index (χ3n) is 6.88. The Balaban J connectivity index is 1.51. The molecule has 1 amide bonds. The summed E-state index contributed by atoms with van der Waals surface area (Å²) in [6.07, 6.45) is -4.31. The molecule has 0 unspecified atom stereocenters. The van der Waals surface area contributed by atoms with Gasteiger partial charge in [-0.2, -0.15) is 13.2 Å². The SMILES string of the molecule is CCC[C@H](c1ccccc1)[C@H](N)C(=O)Nc1cccc(F)c1CC[C@@H]1CN[C@H](COC(=O)CCC(F)(F)F)CO1. The molecule has 0 bridgehead atoms. The molecule has 0 aromatic heterocycles. The van der Waals surface area contributed by atoms with Crippen molar-refractivity contribution in [1.29, 1.82) is 0 Å². The summed E-state index contributed by atoms with van der Waals surface area (Å²) >= 11 is 0. The van der Waals surface area contributed by atoms with E-state index in [9.17, 15) is 27.2 Å². The minimum absolute atomic E-state index is 0.102. The number of hydrogen-bond acceptors (Lipinski definition) is 6. The number of ether oxygens (including phenoxy) is 2.